The van der Waals surface area contributed by atoms with Gasteiger partial charge in [-0.1, -0.05) is 0 Å². The van der Waals surface area contributed by atoms with Crippen LogP contribution in [0, 0.1) is 11.7 Å². The Morgan fingerprint density at radius 2 is 1.93 bits per heavy atom. The molecular formula is C21H32FNO6S. The highest BCUT2D eigenvalue weighted by atomic mass is 32.2. The van der Waals surface area contributed by atoms with Crippen molar-refractivity contribution in [2.45, 2.75) is 57.0 Å². The molecule has 0 unspecified atom stereocenters. The van der Waals surface area contributed by atoms with Gasteiger partial charge in [-0.15, -0.1) is 0 Å². The van der Waals surface area contributed by atoms with E-state index < -0.39 is 38.5 Å². The lowest BCUT2D eigenvalue weighted by Crippen LogP contribution is -2.41. The number of piperidine rings is 1. The molecule has 0 saturated carbocycles. The van der Waals surface area contributed by atoms with Crippen LogP contribution in [0.15, 0.2) is 23.1 Å². The largest absolute Gasteiger partial charge is 0.493 e. The van der Waals surface area contributed by atoms with Crippen molar-refractivity contribution >= 4 is 15.9 Å². The van der Waals surface area contributed by atoms with Gasteiger partial charge >= 0.3 is 6.09 Å². The highest BCUT2D eigenvalue weighted by Crippen LogP contribution is 2.25. The molecule has 1 N–H and O–H groups in total. The second kappa shape index (κ2) is 10.4. The monoisotopic (exact) mass is 445 g/mol. The summed E-state index contributed by atoms with van der Waals surface area (Å²) in [5.74, 6) is -0.627. The number of hydrogen-bond donors (Lipinski definition) is 1. The third kappa shape index (κ3) is 7.43. The Morgan fingerprint density at radius 1 is 1.27 bits per heavy atom. The van der Waals surface area contributed by atoms with Gasteiger partial charge < -0.3 is 19.5 Å². The number of carbonyl (C=O) groups excluding carboxylic acids is 1. The highest BCUT2D eigenvalue weighted by Gasteiger charge is 2.26. The van der Waals surface area contributed by atoms with Crippen LogP contribution in [-0.4, -0.2) is 62.2 Å². The molecule has 0 bridgehead atoms. The zero-order chi connectivity index (χ0) is 22.4. The van der Waals surface area contributed by atoms with Crippen LogP contribution in [0.5, 0.6) is 5.75 Å². The summed E-state index contributed by atoms with van der Waals surface area (Å²) < 4.78 is 48.8. The Balaban J connectivity index is 1.72. The van der Waals surface area contributed by atoms with Crippen molar-refractivity contribution in [1.82, 2.24) is 4.90 Å². The molecule has 1 heterocycles. The van der Waals surface area contributed by atoms with Crippen LogP contribution in [0.1, 0.15) is 46.5 Å². The topological polar surface area (TPSA) is 93.1 Å². The molecule has 1 saturated heterocycles. The Labute approximate surface area is 178 Å². The fourth-order valence-corrected chi connectivity index (χ4v) is 4.44. The molecule has 1 aromatic rings. The summed E-state index contributed by atoms with van der Waals surface area (Å²) in [7, 11) is -3.84. The van der Waals surface area contributed by atoms with Crippen molar-refractivity contribution in [2.24, 2.45) is 5.92 Å². The molecule has 1 fully saturated rings. The van der Waals surface area contributed by atoms with E-state index in [0.29, 0.717) is 25.6 Å². The van der Waals surface area contributed by atoms with Gasteiger partial charge in [0.2, 0.25) is 0 Å². The van der Waals surface area contributed by atoms with Gasteiger partial charge in [0.25, 0.3) is 0 Å². The second-order valence-electron chi connectivity index (χ2n) is 8.54. The van der Waals surface area contributed by atoms with Gasteiger partial charge in [-0.25, -0.2) is 17.6 Å². The maximum atomic E-state index is 14.1. The van der Waals surface area contributed by atoms with E-state index in [0.717, 1.165) is 31.7 Å². The number of benzene rings is 1. The first-order valence-electron chi connectivity index (χ1n) is 10.3. The Hall–Kier alpha value is -1.87. The van der Waals surface area contributed by atoms with Gasteiger partial charge in [0.1, 0.15) is 22.1 Å². The molecular weight excluding hydrogens is 413 g/mol. The SMILES string of the molecule is CC(C)(C)OC(=O)N1CCC(CCCOc2ccc(S(=O)(=O)CCO)c(F)c2)CC1. The quantitative estimate of drug-likeness (QED) is 0.617. The summed E-state index contributed by atoms with van der Waals surface area (Å²) in [5.41, 5.74) is -0.494. The van der Waals surface area contributed by atoms with Gasteiger partial charge in [0.05, 0.1) is 19.0 Å². The van der Waals surface area contributed by atoms with Gasteiger partial charge in [-0.2, -0.15) is 0 Å². The summed E-state index contributed by atoms with van der Waals surface area (Å²) in [6.45, 7) is 6.75. The zero-order valence-corrected chi connectivity index (χ0v) is 18.7. The van der Waals surface area contributed by atoms with Crippen LogP contribution in [0.2, 0.25) is 0 Å². The van der Waals surface area contributed by atoms with E-state index in [1.807, 2.05) is 20.8 Å². The van der Waals surface area contributed by atoms with Crippen LogP contribution in [0.25, 0.3) is 0 Å². The summed E-state index contributed by atoms with van der Waals surface area (Å²) in [6.07, 6.45) is 3.27. The zero-order valence-electron chi connectivity index (χ0n) is 17.9. The molecule has 0 radical (unpaired) electrons. The number of likely N-dealkylation sites (tertiary alicyclic amines) is 1. The predicted molar refractivity (Wildman–Crippen MR) is 111 cm³/mol. The normalized spacial score (nSPS) is 15.8. The first kappa shape index (κ1) is 24.4. The number of aliphatic hydroxyl groups excluding tert-OH is 1. The molecule has 2 rings (SSSR count). The molecule has 0 aliphatic carbocycles. The first-order valence-corrected chi connectivity index (χ1v) is 11.9. The standard InChI is InChI=1S/C21H32FNO6S/c1-21(2,3)29-20(25)23-10-8-16(9-11-23)5-4-13-28-17-6-7-19(18(22)15-17)30(26,27)14-12-24/h6-7,15-16,24H,4-5,8-14H2,1-3H3. The van der Waals surface area contributed by atoms with Gasteiger partial charge in [-0.3, -0.25) is 0 Å². The number of carbonyl (C=O) groups is 1. The lowest BCUT2D eigenvalue weighted by atomic mass is 9.92. The fourth-order valence-electron chi connectivity index (χ4n) is 3.35. The number of aliphatic hydroxyl groups is 1. The molecule has 9 heteroatoms. The first-order chi connectivity index (χ1) is 14.0. The summed E-state index contributed by atoms with van der Waals surface area (Å²) in [5, 5.41) is 8.79. The number of halogens is 1. The molecule has 30 heavy (non-hydrogen) atoms. The van der Waals surface area contributed by atoms with Gasteiger partial charge in [0, 0.05) is 19.2 Å². The third-order valence-corrected chi connectivity index (χ3v) is 6.61. The number of ether oxygens (including phenoxy) is 2. The average Bonchev–Trinajstić information content (AvgIpc) is 2.64. The van der Waals surface area contributed by atoms with E-state index in [9.17, 15) is 17.6 Å². The molecule has 1 amide bonds. The maximum Gasteiger partial charge on any atom is 0.410 e. The van der Waals surface area contributed by atoms with Crippen LogP contribution in [-0.2, 0) is 14.6 Å². The summed E-state index contributed by atoms with van der Waals surface area (Å²) in [4.78, 5) is 13.4. The lowest BCUT2D eigenvalue weighted by Gasteiger charge is -2.33. The van der Waals surface area contributed by atoms with Crippen LogP contribution < -0.4 is 4.74 Å². The molecule has 1 aromatic carbocycles. The number of hydrogen-bond acceptors (Lipinski definition) is 6. The Kier molecular flexibility index (Phi) is 8.49. The van der Waals surface area contributed by atoms with Crippen LogP contribution in [0.4, 0.5) is 9.18 Å². The third-order valence-electron chi connectivity index (χ3n) is 4.89. The van der Waals surface area contributed by atoms with E-state index in [2.05, 4.69) is 0 Å². The molecule has 0 aromatic heterocycles. The number of amides is 1. The molecule has 0 atom stereocenters. The molecule has 1 aliphatic rings. The maximum absolute atomic E-state index is 14.1. The van der Waals surface area contributed by atoms with Crippen molar-refractivity contribution in [3.8, 4) is 5.75 Å². The van der Waals surface area contributed by atoms with Crippen molar-refractivity contribution in [3.05, 3.63) is 24.0 Å². The van der Waals surface area contributed by atoms with E-state index in [1.165, 1.54) is 12.1 Å². The minimum atomic E-state index is -3.84. The van der Waals surface area contributed by atoms with Crippen LogP contribution >= 0.6 is 0 Å². The van der Waals surface area contributed by atoms with E-state index in [4.69, 9.17) is 14.6 Å². The summed E-state index contributed by atoms with van der Waals surface area (Å²) >= 11 is 0. The van der Waals surface area contributed by atoms with Crippen molar-refractivity contribution in [2.75, 3.05) is 32.1 Å². The Bertz CT molecular complexity index is 813. The summed E-state index contributed by atoms with van der Waals surface area (Å²) in [6, 6.07) is 3.65. The van der Waals surface area contributed by atoms with Crippen LogP contribution in [0.3, 0.4) is 0 Å². The number of sulfone groups is 1. The number of rotatable bonds is 8. The molecule has 170 valence electrons. The van der Waals surface area contributed by atoms with Gasteiger partial charge in [0.15, 0.2) is 9.84 Å². The highest BCUT2D eigenvalue weighted by molar-refractivity contribution is 7.91. The minimum Gasteiger partial charge on any atom is -0.493 e. The van der Waals surface area contributed by atoms with E-state index in [-0.39, 0.29) is 11.8 Å². The van der Waals surface area contributed by atoms with Gasteiger partial charge in [-0.05, 0) is 64.5 Å². The molecule has 0 spiro atoms. The Morgan fingerprint density at radius 3 is 2.50 bits per heavy atom. The number of nitrogens with zero attached hydrogens (tertiary/aromatic N) is 1. The minimum absolute atomic E-state index is 0.268. The van der Waals surface area contributed by atoms with Crippen molar-refractivity contribution in [1.29, 1.82) is 0 Å². The fraction of sp³-hybridized carbons (Fsp3) is 0.667. The molecule has 1 aliphatic heterocycles. The second-order valence-corrected chi connectivity index (χ2v) is 10.6. The lowest BCUT2D eigenvalue weighted by molar-refractivity contribution is 0.0179. The molecule has 7 nitrogen and oxygen atoms in total. The van der Waals surface area contributed by atoms with Crippen molar-refractivity contribution in [3.63, 3.8) is 0 Å². The van der Waals surface area contributed by atoms with E-state index >= 15 is 0 Å². The van der Waals surface area contributed by atoms with Crippen molar-refractivity contribution < 1.29 is 32.2 Å². The predicted octanol–water partition coefficient (Wildman–Crippen LogP) is 3.40. The van der Waals surface area contributed by atoms with E-state index in [1.54, 1.807) is 4.90 Å². The smallest absolute Gasteiger partial charge is 0.410 e. The average molecular weight is 446 g/mol.